The second-order valence-electron chi connectivity index (χ2n) is 4.40. The molecule has 106 valence electrons. The predicted molar refractivity (Wildman–Crippen MR) is 61.9 cm³/mol. The van der Waals surface area contributed by atoms with Crippen LogP contribution in [0.3, 0.4) is 0 Å². The van der Waals surface area contributed by atoms with Crippen molar-refractivity contribution in [3.05, 3.63) is 29.8 Å². The molecule has 0 radical (unpaired) electrons. The third kappa shape index (κ3) is 3.19. The van der Waals surface area contributed by atoms with E-state index in [4.69, 9.17) is 9.47 Å². The summed E-state index contributed by atoms with van der Waals surface area (Å²) in [6.45, 7) is 2.20. The highest BCUT2D eigenvalue weighted by molar-refractivity contribution is 5.30. The molecule has 1 fully saturated rings. The van der Waals surface area contributed by atoms with Gasteiger partial charge in [0.25, 0.3) is 0 Å². The highest BCUT2D eigenvalue weighted by Crippen LogP contribution is 2.33. The SMILES string of the molecule is CCOC1C(O)CC1Oc1cccc(C(F)(F)F)c1. The Morgan fingerprint density at radius 2 is 2.11 bits per heavy atom. The van der Waals surface area contributed by atoms with Gasteiger partial charge in [0.2, 0.25) is 0 Å². The lowest BCUT2D eigenvalue weighted by atomic mass is 9.88. The third-order valence-corrected chi connectivity index (χ3v) is 3.03. The normalized spacial score (nSPS) is 26.9. The largest absolute Gasteiger partial charge is 0.487 e. The molecule has 0 spiro atoms. The zero-order valence-electron chi connectivity index (χ0n) is 10.4. The minimum atomic E-state index is -4.39. The van der Waals surface area contributed by atoms with Crippen LogP contribution in [-0.4, -0.2) is 30.0 Å². The van der Waals surface area contributed by atoms with Gasteiger partial charge in [-0.05, 0) is 25.1 Å². The Morgan fingerprint density at radius 3 is 2.68 bits per heavy atom. The number of alkyl halides is 3. The van der Waals surface area contributed by atoms with Crippen LogP contribution in [0.4, 0.5) is 13.2 Å². The van der Waals surface area contributed by atoms with E-state index < -0.39 is 30.1 Å². The van der Waals surface area contributed by atoms with Crippen LogP contribution in [-0.2, 0) is 10.9 Å². The fraction of sp³-hybridized carbons (Fsp3) is 0.538. The van der Waals surface area contributed by atoms with Crippen LogP contribution in [0, 0.1) is 0 Å². The molecule has 1 aromatic carbocycles. The minimum absolute atomic E-state index is 0.136. The van der Waals surface area contributed by atoms with Crippen molar-refractivity contribution in [1.82, 2.24) is 0 Å². The summed E-state index contributed by atoms with van der Waals surface area (Å²) < 4.78 is 48.3. The van der Waals surface area contributed by atoms with Crippen LogP contribution >= 0.6 is 0 Å². The Bertz CT molecular complexity index is 433. The molecule has 1 N–H and O–H groups in total. The van der Waals surface area contributed by atoms with Gasteiger partial charge >= 0.3 is 6.18 Å². The van der Waals surface area contributed by atoms with Crippen molar-refractivity contribution in [2.24, 2.45) is 0 Å². The summed E-state index contributed by atoms with van der Waals surface area (Å²) in [5, 5.41) is 9.49. The zero-order valence-corrected chi connectivity index (χ0v) is 10.4. The summed E-state index contributed by atoms with van der Waals surface area (Å²) >= 11 is 0. The molecule has 1 aliphatic carbocycles. The number of benzene rings is 1. The van der Waals surface area contributed by atoms with Crippen LogP contribution in [0.15, 0.2) is 24.3 Å². The van der Waals surface area contributed by atoms with Crippen molar-refractivity contribution < 1.29 is 27.8 Å². The van der Waals surface area contributed by atoms with Crippen LogP contribution < -0.4 is 4.74 Å². The molecule has 0 bridgehead atoms. The van der Waals surface area contributed by atoms with Crippen molar-refractivity contribution in [2.75, 3.05) is 6.61 Å². The molecule has 2 rings (SSSR count). The molecule has 1 aliphatic rings. The molecule has 3 unspecified atom stereocenters. The average molecular weight is 276 g/mol. The van der Waals surface area contributed by atoms with Crippen molar-refractivity contribution in [3.63, 3.8) is 0 Å². The van der Waals surface area contributed by atoms with Gasteiger partial charge in [0, 0.05) is 13.0 Å². The molecule has 1 saturated carbocycles. The maximum absolute atomic E-state index is 12.5. The molecule has 0 heterocycles. The van der Waals surface area contributed by atoms with Gasteiger partial charge in [0.05, 0.1) is 11.7 Å². The molecule has 0 aliphatic heterocycles. The quantitative estimate of drug-likeness (QED) is 0.918. The van der Waals surface area contributed by atoms with Gasteiger partial charge in [-0.25, -0.2) is 0 Å². The van der Waals surface area contributed by atoms with Crippen molar-refractivity contribution in [2.45, 2.75) is 37.8 Å². The van der Waals surface area contributed by atoms with Crippen LogP contribution in [0.5, 0.6) is 5.75 Å². The van der Waals surface area contributed by atoms with E-state index in [-0.39, 0.29) is 5.75 Å². The number of ether oxygens (including phenoxy) is 2. The van der Waals surface area contributed by atoms with Gasteiger partial charge in [-0.1, -0.05) is 6.07 Å². The summed E-state index contributed by atoms with van der Waals surface area (Å²) in [5.41, 5.74) is -0.752. The lowest BCUT2D eigenvalue weighted by Crippen LogP contribution is -2.55. The highest BCUT2D eigenvalue weighted by atomic mass is 19.4. The number of aliphatic hydroxyl groups excluding tert-OH is 1. The first kappa shape index (κ1) is 14.1. The minimum Gasteiger partial charge on any atom is -0.487 e. The summed E-state index contributed by atoms with van der Waals surface area (Å²) in [6.07, 6.45) is -5.52. The predicted octanol–water partition coefficient (Wildman–Crippen LogP) is 2.62. The number of hydrogen-bond donors (Lipinski definition) is 1. The molecule has 0 saturated heterocycles. The summed E-state index contributed by atoms with van der Waals surface area (Å²) in [6, 6.07) is 4.70. The molecule has 1 aromatic rings. The Labute approximate surface area is 108 Å². The van der Waals surface area contributed by atoms with Crippen LogP contribution in [0.1, 0.15) is 18.9 Å². The summed E-state index contributed by atoms with van der Waals surface area (Å²) in [4.78, 5) is 0. The monoisotopic (exact) mass is 276 g/mol. The van der Waals surface area contributed by atoms with Crippen molar-refractivity contribution in [3.8, 4) is 5.75 Å². The topological polar surface area (TPSA) is 38.7 Å². The van der Waals surface area contributed by atoms with E-state index in [0.29, 0.717) is 13.0 Å². The van der Waals surface area contributed by atoms with Crippen LogP contribution in [0.2, 0.25) is 0 Å². The van der Waals surface area contributed by atoms with Crippen molar-refractivity contribution in [1.29, 1.82) is 0 Å². The fourth-order valence-electron chi connectivity index (χ4n) is 2.00. The standard InChI is InChI=1S/C13H15F3O3/c1-2-18-12-10(17)7-11(12)19-9-5-3-4-8(6-9)13(14,15)16/h3-6,10-12,17H,2,7H2,1H3. The number of hydrogen-bond acceptors (Lipinski definition) is 3. The average Bonchev–Trinajstić information content (AvgIpc) is 2.35. The van der Waals surface area contributed by atoms with E-state index in [2.05, 4.69) is 0 Å². The molecule has 3 nitrogen and oxygen atoms in total. The van der Waals surface area contributed by atoms with Gasteiger partial charge in [0.15, 0.2) is 0 Å². The molecular weight excluding hydrogens is 261 g/mol. The summed E-state index contributed by atoms with van der Waals surface area (Å²) in [7, 11) is 0. The first-order valence-corrected chi connectivity index (χ1v) is 6.05. The highest BCUT2D eigenvalue weighted by Gasteiger charge is 2.43. The first-order valence-electron chi connectivity index (χ1n) is 6.05. The van der Waals surface area contributed by atoms with Gasteiger partial charge in [-0.3, -0.25) is 0 Å². The van der Waals surface area contributed by atoms with Gasteiger partial charge in [-0.2, -0.15) is 13.2 Å². The molecular formula is C13H15F3O3. The van der Waals surface area contributed by atoms with Gasteiger partial charge in [0.1, 0.15) is 18.0 Å². The lowest BCUT2D eigenvalue weighted by molar-refractivity contribution is -0.160. The zero-order chi connectivity index (χ0) is 14.0. The van der Waals surface area contributed by atoms with E-state index in [1.165, 1.54) is 12.1 Å². The lowest BCUT2D eigenvalue weighted by Gasteiger charge is -2.40. The Hall–Kier alpha value is -1.27. The van der Waals surface area contributed by atoms with Gasteiger partial charge < -0.3 is 14.6 Å². The summed E-state index contributed by atoms with van der Waals surface area (Å²) in [5.74, 6) is 0.136. The number of aliphatic hydroxyl groups is 1. The second-order valence-corrected chi connectivity index (χ2v) is 4.40. The maximum Gasteiger partial charge on any atom is 0.416 e. The Kier molecular flexibility index (Phi) is 4.01. The van der Waals surface area contributed by atoms with E-state index in [0.717, 1.165) is 12.1 Å². The molecule has 19 heavy (non-hydrogen) atoms. The van der Waals surface area contributed by atoms with Crippen molar-refractivity contribution >= 4 is 0 Å². The Morgan fingerprint density at radius 1 is 1.37 bits per heavy atom. The molecule has 0 aromatic heterocycles. The number of rotatable bonds is 4. The van der Waals surface area contributed by atoms with Crippen LogP contribution in [0.25, 0.3) is 0 Å². The second kappa shape index (κ2) is 5.38. The van der Waals surface area contributed by atoms with E-state index in [1.54, 1.807) is 6.92 Å². The fourth-order valence-corrected chi connectivity index (χ4v) is 2.00. The molecule has 3 atom stereocenters. The number of halogens is 3. The molecule has 6 heteroatoms. The van der Waals surface area contributed by atoms with Gasteiger partial charge in [-0.15, -0.1) is 0 Å². The van der Waals surface area contributed by atoms with E-state index in [9.17, 15) is 18.3 Å². The van der Waals surface area contributed by atoms with E-state index >= 15 is 0 Å². The Balaban J connectivity index is 2.04. The maximum atomic E-state index is 12.5. The third-order valence-electron chi connectivity index (χ3n) is 3.03. The van der Waals surface area contributed by atoms with E-state index in [1.807, 2.05) is 0 Å². The molecule has 0 amide bonds. The first-order chi connectivity index (χ1) is 8.91. The smallest absolute Gasteiger partial charge is 0.416 e.